The highest BCUT2D eigenvalue weighted by atomic mass is 79.9. The van der Waals surface area contributed by atoms with Crippen molar-refractivity contribution in [1.82, 2.24) is 0 Å². The number of ketones is 1. The van der Waals surface area contributed by atoms with Gasteiger partial charge in [-0.2, -0.15) is 0 Å². The molecule has 1 aliphatic carbocycles. The quantitative estimate of drug-likeness (QED) is 0.816. The van der Waals surface area contributed by atoms with Gasteiger partial charge in [0.1, 0.15) is 5.78 Å². The van der Waals surface area contributed by atoms with Crippen molar-refractivity contribution >= 4 is 33.5 Å². The molecule has 1 aromatic carbocycles. The molecule has 0 aromatic heterocycles. The van der Waals surface area contributed by atoms with Crippen LogP contribution in [0.15, 0.2) is 33.6 Å². The summed E-state index contributed by atoms with van der Waals surface area (Å²) in [5.74, 6) is 0.414. The first-order valence-electron chi connectivity index (χ1n) is 4.68. The Balaban J connectivity index is 2.00. The molecule has 74 valence electrons. The normalized spacial score (nSPS) is 21.5. The Morgan fingerprint density at radius 1 is 1.43 bits per heavy atom. The van der Waals surface area contributed by atoms with Crippen LogP contribution in [0.2, 0.25) is 0 Å². The van der Waals surface area contributed by atoms with E-state index < -0.39 is 0 Å². The number of rotatable bonds is 2. The average Bonchev–Trinajstić information content (AvgIpc) is 2.51. The first-order chi connectivity index (χ1) is 6.74. The summed E-state index contributed by atoms with van der Waals surface area (Å²) in [6.07, 6.45) is 2.55. The van der Waals surface area contributed by atoms with Crippen LogP contribution in [-0.2, 0) is 4.79 Å². The van der Waals surface area contributed by atoms with Crippen LogP contribution in [0.5, 0.6) is 0 Å². The summed E-state index contributed by atoms with van der Waals surface area (Å²) in [6.45, 7) is 0. The fourth-order valence-corrected chi connectivity index (χ4v) is 3.41. The van der Waals surface area contributed by atoms with E-state index >= 15 is 0 Å². The van der Waals surface area contributed by atoms with Crippen molar-refractivity contribution in [2.24, 2.45) is 0 Å². The summed E-state index contributed by atoms with van der Waals surface area (Å²) in [7, 11) is 0. The molecule has 0 radical (unpaired) electrons. The van der Waals surface area contributed by atoms with Crippen LogP contribution in [0.1, 0.15) is 19.3 Å². The lowest BCUT2D eigenvalue weighted by Gasteiger charge is -2.07. The van der Waals surface area contributed by atoms with Crippen LogP contribution in [0.4, 0.5) is 0 Å². The molecule has 1 atom stereocenters. The van der Waals surface area contributed by atoms with E-state index in [1.807, 2.05) is 23.9 Å². The SMILES string of the molecule is O=C1CCC(Sc2cccc(Br)c2)C1. The smallest absolute Gasteiger partial charge is 0.134 e. The van der Waals surface area contributed by atoms with Gasteiger partial charge in [0.25, 0.3) is 0 Å². The van der Waals surface area contributed by atoms with E-state index in [9.17, 15) is 4.79 Å². The van der Waals surface area contributed by atoms with E-state index in [-0.39, 0.29) is 0 Å². The number of benzene rings is 1. The molecule has 1 aliphatic rings. The third-order valence-corrected chi connectivity index (χ3v) is 4.05. The second-order valence-electron chi connectivity index (χ2n) is 3.48. The topological polar surface area (TPSA) is 17.1 Å². The molecule has 1 fully saturated rings. The lowest BCUT2D eigenvalue weighted by atomic mass is 10.4. The van der Waals surface area contributed by atoms with E-state index in [1.54, 1.807) is 0 Å². The minimum atomic E-state index is 0.414. The van der Waals surface area contributed by atoms with E-state index in [0.717, 1.165) is 23.7 Å². The molecule has 1 unspecified atom stereocenters. The summed E-state index contributed by atoms with van der Waals surface area (Å²) in [5, 5.41) is 0.497. The number of hydrogen-bond acceptors (Lipinski definition) is 2. The molecular formula is C11H11BrOS. The van der Waals surface area contributed by atoms with Gasteiger partial charge in [-0.15, -0.1) is 11.8 Å². The third-order valence-electron chi connectivity index (χ3n) is 2.30. The first-order valence-corrected chi connectivity index (χ1v) is 6.35. The highest BCUT2D eigenvalue weighted by Crippen LogP contribution is 2.33. The molecule has 0 heterocycles. The molecule has 14 heavy (non-hydrogen) atoms. The van der Waals surface area contributed by atoms with Gasteiger partial charge < -0.3 is 0 Å². The van der Waals surface area contributed by atoms with E-state index in [1.165, 1.54) is 4.90 Å². The molecule has 0 N–H and O–H groups in total. The zero-order valence-electron chi connectivity index (χ0n) is 7.70. The maximum absolute atomic E-state index is 11.1. The number of halogens is 1. The highest BCUT2D eigenvalue weighted by molar-refractivity contribution is 9.10. The van der Waals surface area contributed by atoms with Crippen LogP contribution in [-0.4, -0.2) is 11.0 Å². The second-order valence-corrected chi connectivity index (χ2v) is 5.77. The standard InChI is InChI=1S/C11H11BrOS/c12-8-2-1-3-10(6-8)14-11-5-4-9(13)7-11/h1-3,6,11H,4-5,7H2. The summed E-state index contributed by atoms with van der Waals surface area (Å²) >= 11 is 5.26. The molecule has 0 saturated heterocycles. The molecule has 3 heteroatoms. The van der Waals surface area contributed by atoms with Gasteiger partial charge in [-0.1, -0.05) is 22.0 Å². The van der Waals surface area contributed by atoms with E-state index in [4.69, 9.17) is 0 Å². The van der Waals surface area contributed by atoms with Gasteiger partial charge in [0.05, 0.1) is 0 Å². The molecular weight excluding hydrogens is 260 g/mol. The van der Waals surface area contributed by atoms with Gasteiger partial charge in [0, 0.05) is 27.5 Å². The molecule has 1 saturated carbocycles. The lowest BCUT2D eigenvalue weighted by molar-refractivity contribution is -0.117. The lowest BCUT2D eigenvalue weighted by Crippen LogP contribution is -1.95. The van der Waals surface area contributed by atoms with Gasteiger partial charge in [-0.05, 0) is 24.6 Å². The monoisotopic (exact) mass is 270 g/mol. The van der Waals surface area contributed by atoms with Crippen molar-refractivity contribution in [2.75, 3.05) is 0 Å². The van der Waals surface area contributed by atoms with Crippen molar-refractivity contribution in [3.05, 3.63) is 28.7 Å². The van der Waals surface area contributed by atoms with Crippen molar-refractivity contribution in [2.45, 2.75) is 29.4 Å². The van der Waals surface area contributed by atoms with Crippen LogP contribution in [0.25, 0.3) is 0 Å². The van der Waals surface area contributed by atoms with Crippen molar-refractivity contribution in [1.29, 1.82) is 0 Å². The fourth-order valence-electron chi connectivity index (χ4n) is 1.61. The Morgan fingerprint density at radius 2 is 2.29 bits per heavy atom. The maximum atomic E-state index is 11.1. The van der Waals surface area contributed by atoms with Crippen molar-refractivity contribution < 1.29 is 4.79 Å². The molecule has 1 aromatic rings. The van der Waals surface area contributed by atoms with Crippen LogP contribution in [0.3, 0.4) is 0 Å². The summed E-state index contributed by atoms with van der Waals surface area (Å²) in [6, 6.07) is 8.25. The molecule has 1 nitrogen and oxygen atoms in total. The van der Waals surface area contributed by atoms with Crippen LogP contribution in [0, 0.1) is 0 Å². The Kier molecular flexibility index (Phi) is 3.29. The van der Waals surface area contributed by atoms with Gasteiger partial charge in [0.2, 0.25) is 0 Å². The first kappa shape index (κ1) is 10.2. The number of carbonyl (C=O) groups excluding carboxylic acids is 1. The largest absolute Gasteiger partial charge is 0.300 e. The van der Waals surface area contributed by atoms with E-state index in [2.05, 4.69) is 28.1 Å². The van der Waals surface area contributed by atoms with Gasteiger partial charge in [-0.3, -0.25) is 4.79 Å². The summed E-state index contributed by atoms with van der Waals surface area (Å²) in [5.41, 5.74) is 0. The van der Waals surface area contributed by atoms with Crippen molar-refractivity contribution in [3.8, 4) is 0 Å². The minimum absolute atomic E-state index is 0.414. The fraction of sp³-hybridized carbons (Fsp3) is 0.364. The molecule has 0 spiro atoms. The minimum Gasteiger partial charge on any atom is -0.300 e. The second kappa shape index (κ2) is 4.49. The maximum Gasteiger partial charge on any atom is 0.134 e. The van der Waals surface area contributed by atoms with Crippen LogP contribution < -0.4 is 0 Å². The Hall–Kier alpha value is -0.280. The Labute approximate surface area is 96.4 Å². The van der Waals surface area contributed by atoms with Gasteiger partial charge >= 0.3 is 0 Å². The van der Waals surface area contributed by atoms with E-state index in [0.29, 0.717) is 11.0 Å². The number of carbonyl (C=O) groups is 1. The third kappa shape index (κ3) is 2.61. The molecule has 0 amide bonds. The number of thioether (sulfide) groups is 1. The van der Waals surface area contributed by atoms with Gasteiger partial charge in [-0.25, -0.2) is 0 Å². The zero-order valence-corrected chi connectivity index (χ0v) is 10.1. The van der Waals surface area contributed by atoms with Crippen LogP contribution >= 0.6 is 27.7 Å². The number of hydrogen-bond donors (Lipinski definition) is 0. The summed E-state index contributed by atoms with van der Waals surface area (Å²) in [4.78, 5) is 12.3. The summed E-state index contributed by atoms with van der Waals surface area (Å²) < 4.78 is 1.10. The zero-order chi connectivity index (χ0) is 9.97. The average molecular weight is 271 g/mol. The van der Waals surface area contributed by atoms with Crippen molar-refractivity contribution in [3.63, 3.8) is 0 Å². The van der Waals surface area contributed by atoms with Gasteiger partial charge in [0.15, 0.2) is 0 Å². The molecule has 2 rings (SSSR count). The molecule has 0 bridgehead atoms. The number of Topliss-reactive ketones (excluding diaryl/α,β-unsaturated/α-hetero) is 1. The predicted molar refractivity (Wildman–Crippen MR) is 62.6 cm³/mol. The highest BCUT2D eigenvalue weighted by Gasteiger charge is 2.22. The Bertz CT molecular complexity index is 351. The molecule has 0 aliphatic heterocycles. The Morgan fingerprint density at radius 3 is 2.93 bits per heavy atom. The predicted octanol–water partition coefficient (Wildman–Crippen LogP) is 3.66.